The van der Waals surface area contributed by atoms with Crippen molar-refractivity contribution in [2.45, 2.75) is 68.5 Å². The predicted molar refractivity (Wildman–Crippen MR) is 131 cm³/mol. The number of rotatable bonds is 8. The van der Waals surface area contributed by atoms with E-state index in [1.165, 1.54) is 4.31 Å². The highest BCUT2D eigenvalue weighted by molar-refractivity contribution is 7.89. The summed E-state index contributed by atoms with van der Waals surface area (Å²) >= 11 is 0. The standard InChI is InChI=1S/C26H32N4O3S/c1-28-17-7-12-23(28)18-29(21-14-15-21)25(31)19-30(22-10-3-2-4-11-22)34(32,33)24-13-5-8-20-9-6-16-27-26(20)24/h5-9,12-13,16-17,21-22H,2-4,10-11,14-15,18-19H2,1H3. The summed E-state index contributed by atoms with van der Waals surface area (Å²) in [5.41, 5.74) is 1.51. The fourth-order valence-corrected chi connectivity index (χ4v) is 6.86. The van der Waals surface area contributed by atoms with Gasteiger partial charge in [-0.1, -0.05) is 37.5 Å². The van der Waals surface area contributed by atoms with Gasteiger partial charge in [0.25, 0.3) is 0 Å². The second kappa shape index (κ2) is 9.50. The minimum Gasteiger partial charge on any atom is -0.353 e. The van der Waals surface area contributed by atoms with E-state index < -0.39 is 10.0 Å². The van der Waals surface area contributed by atoms with Crippen molar-refractivity contribution in [3.8, 4) is 0 Å². The third kappa shape index (κ3) is 4.61. The molecular formula is C26H32N4O3S. The molecule has 3 aromatic rings. The van der Waals surface area contributed by atoms with Gasteiger partial charge in [0.05, 0.1) is 18.6 Å². The van der Waals surface area contributed by atoms with Gasteiger partial charge in [-0.05, 0) is 49.9 Å². The molecule has 2 heterocycles. The summed E-state index contributed by atoms with van der Waals surface area (Å²) in [6, 6.07) is 12.9. The topological polar surface area (TPSA) is 75.5 Å². The van der Waals surface area contributed by atoms with E-state index in [1.807, 2.05) is 47.0 Å². The number of hydrogen-bond acceptors (Lipinski definition) is 4. The molecule has 180 valence electrons. The van der Waals surface area contributed by atoms with Gasteiger partial charge in [0.1, 0.15) is 4.90 Å². The highest BCUT2D eigenvalue weighted by Gasteiger charge is 2.39. The third-order valence-electron chi connectivity index (χ3n) is 7.15. The molecular weight excluding hydrogens is 448 g/mol. The Labute approximate surface area is 201 Å². The van der Waals surface area contributed by atoms with Crippen molar-refractivity contribution in [2.24, 2.45) is 7.05 Å². The van der Waals surface area contributed by atoms with Gasteiger partial charge in [-0.3, -0.25) is 9.78 Å². The molecule has 2 aromatic heterocycles. The first kappa shape index (κ1) is 23.1. The number of pyridine rings is 1. The summed E-state index contributed by atoms with van der Waals surface area (Å²) in [6.07, 6.45) is 10.2. The maximum absolute atomic E-state index is 14.1. The molecule has 0 bridgehead atoms. The zero-order chi connectivity index (χ0) is 23.7. The Bertz CT molecular complexity index is 1270. The van der Waals surface area contributed by atoms with Gasteiger partial charge < -0.3 is 9.47 Å². The molecule has 7 nitrogen and oxygen atoms in total. The Morgan fingerprint density at radius 3 is 2.47 bits per heavy atom. The average molecular weight is 481 g/mol. The van der Waals surface area contributed by atoms with E-state index in [0.717, 1.165) is 56.0 Å². The quantitative estimate of drug-likeness (QED) is 0.487. The van der Waals surface area contributed by atoms with Crippen molar-refractivity contribution in [3.05, 3.63) is 60.6 Å². The molecule has 2 saturated carbocycles. The molecule has 0 spiro atoms. The van der Waals surface area contributed by atoms with E-state index in [2.05, 4.69) is 4.98 Å². The first-order valence-electron chi connectivity index (χ1n) is 12.2. The maximum atomic E-state index is 14.1. The van der Waals surface area contributed by atoms with Crippen molar-refractivity contribution in [1.82, 2.24) is 18.8 Å². The molecule has 0 N–H and O–H groups in total. The molecule has 0 unspecified atom stereocenters. The van der Waals surface area contributed by atoms with Crippen LogP contribution in [0.4, 0.5) is 0 Å². The van der Waals surface area contributed by atoms with E-state index in [1.54, 1.807) is 24.4 Å². The van der Waals surface area contributed by atoms with Gasteiger partial charge in [0, 0.05) is 42.6 Å². The number of aromatic nitrogens is 2. The van der Waals surface area contributed by atoms with Crippen molar-refractivity contribution in [1.29, 1.82) is 0 Å². The van der Waals surface area contributed by atoms with Crippen LogP contribution in [0.1, 0.15) is 50.6 Å². The lowest BCUT2D eigenvalue weighted by Gasteiger charge is -2.34. The molecule has 5 rings (SSSR count). The van der Waals surface area contributed by atoms with Crippen molar-refractivity contribution < 1.29 is 13.2 Å². The van der Waals surface area contributed by atoms with Crippen molar-refractivity contribution in [2.75, 3.05) is 6.54 Å². The smallest absolute Gasteiger partial charge is 0.245 e. The van der Waals surface area contributed by atoms with Gasteiger partial charge in [-0.15, -0.1) is 0 Å². The summed E-state index contributed by atoms with van der Waals surface area (Å²) in [5.74, 6) is -0.119. The lowest BCUT2D eigenvalue weighted by molar-refractivity contribution is -0.133. The van der Waals surface area contributed by atoms with E-state index in [9.17, 15) is 13.2 Å². The first-order chi connectivity index (χ1) is 16.4. The SMILES string of the molecule is Cn1cccc1CN(C(=O)CN(C1CCCCC1)S(=O)(=O)c1cccc2cccnc12)C1CC1. The number of aryl methyl sites for hydroxylation is 1. The third-order valence-corrected chi connectivity index (χ3v) is 9.08. The van der Waals surface area contributed by atoms with Crippen LogP contribution >= 0.6 is 0 Å². The fourth-order valence-electron chi connectivity index (χ4n) is 5.06. The lowest BCUT2D eigenvalue weighted by Crippen LogP contribution is -2.48. The molecule has 0 saturated heterocycles. The van der Waals surface area contributed by atoms with Crippen LogP contribution in [-0.2, 0) is 28.4 Å². The highest BCUT2D eigenvalue weighted by atomic mass is 32.2. The molecule has 1 amide bonds. The number of benzene rings is 1. The number of amides is 1. The van der Waals surface area contributed by atoms with Gasteiger partial charge >= 0.3 is 0 Å². The van der Waals surface area contributed by atoms with Crippen LogP contribution < -0.4 is 0 Å². The summed E-state index contributed by atoms with van der Waals surface area (Å²) in [6.45, 7) is 0.374. The molecule has 8 heteroatoms. The average Bonchev–Trinajstić information content (AvgIpc) is 3.62. The number of sulfonamides is 1. The molecule has 1 aromatic carbocycles. The number of hydrogen-bond donors (Lipinski definition) is 0. The number of carbonyl (C=O) groups is 1. The second-order valence-electron chi connectivity index (χ2n) is 9.54. The van der Waals surface area contributed by atoms with E-state index in [4.69, 9.17) is 0 Å². The van der Waals surface area contributed by atoms with Crippen molar-refractivity contribution in [3.63, 3.8) is 0 Å². The molecule has 0 aliphatic heterocycles. The Hall–Kier alpha value is -2.71. The van der Waals surface area contributed by atoms with Gasteiger partial charge in [-0.2, -0.15) is 4.31 Å². The Morgan fingerprint density at radius 1 is 1.00 bits per heavy atom. The molecule has 0 atom stereocenters. The fraction of sp³-hybridized carbons (Fsp3) is 0.462. The highest BCUT2D eigenvalue weighted by Crippen LogP contribution is 2.33. The van der Waals surface area contributed by atoms with E-state index >= 15 is 0 Å². The Balaban J connectivity index is 1.48. The Morgan fingerprint density at radius 2 is 1.76 bits per heavy atom. The van der Waals surface area contributed by atoms with Crippen LogP contribution in [0.3, 0.4) is 0 Å². The summed E-state index contributed by atoms with van der Waals surface area (Å²) < 4.78 is 31.6. The molecule has 2 fully saturated rings. The number of nitrogens with zero attached hydrogens (tertiary/aromatic N) is 4. The predicted octanol–water partition coefficient (Wildman–Crippen LogP) is 4.09. The zero-order valence-electron chi connectivity index (χ0n) is 19.6. The van der Waals surface area contributed by atoms with Crippen LogP contribution in [0.2, 0.25) is 0 Å². The minimum atomic E-state index is -3.91. The molecule has 2 aliphatic carbocycles. The van der Waals surface area contributed by atoms with Gasteiger partial charge in [0.15, 0.2) is 0 Å². The maximum Gasteiger partial charge on any atom is 0.245 e. The molecule has 34 heavy (non-hydrogen) atoms. The number of fused-ring (bicyclic) bond motifs is 1. The summed E-state index contributed by atoms with van der Waals surface area (Å²) in [5, 5.41) is 0.779. The normalized spacial score (nSPS) is 17.4. The van der Waals surface area contributed by atoms with Crippen LogP contribution in [-0.4, -0.2) is 51.7 Å². The Kier molecular flexibility index (Phi) is 6.44. The zero-order valence-corrected chi connectivity index (χ0v) is 20.5. The second-order valence-corrected chi connectivity index (χ2v) is 11.4. The van der Waals surface area contributed by atoms with Crippen LogP contribution in [0.15, 0.2) is 59.8 Å². The first-order valence-corrected chi connectivity index (χ1v) is 13.6. The molecule has 0 radical (unpaired) electrons. The van der Waals surface area contributed by atoms with E-state index in [-0.39, 0.29) is 29.4 Å². The molecule has 2 aliphatic rings. The largest absolute Gasteiger partial charge is 0.353 e. The van der Waals surface area contributed by atoms with E-state index in [0.29, 0.717) is 12.1 Å². The van der Waals surface area contributed by atoms with Crippen LogP contribution in [0.5, 0.6) is 0 Å². The summed E-state index contributed by atoms with van der Waals surface area (Å²) in [4.78, 5) is 20.1. The minimum absolute atomic E-state index is 0.119. The number of carbonyl (C=O) groups excluding carboxylic acids is 1. The van der Waals surface area contributed by atoms with Gasteiger partial charge in [0.2, 0.25) is 15.9 Å². The number of para-hydroxylation sites is 1. The monoisotopic (exact) mass is 480 g/mol. The van der Waals surface area contributed by atoms with Crippen LogP contribution in [0, 0.1) is 0 Å². The lowest BCUT2D eigenvalue weighted by atomic mass is 9.95. The van der Waals surface area contributed by atoms with Crippen LogP contribution in [0.25, 0.3) is 10.9 Å². The van der Waals surface area contributed by atoms with Crippen molar-refractivity contribution >= 4 is 26.8 Å². The summed E-state index contributed by atoms with van der Waals surface area (Å²) in [7, 11) is -1.94. The van der Waals surface area contributed by atoms with Gasteiger partial charge in [-0.25, -0.2) is 8.42 Å².